The second-order valence-electron chi connectivity index (χ2n) is 6.40. The van der Waals surface area contributed by atoms with Crippen molar-refractivity contribution in [3.05, 3.63) is 96.1 Å². The van der Waals surface area contributed by atoms with Crippen molar-refractivity contribution >= 4 is 23.5 Å². The number of amides is 2. The molecule has 3 rings (SSSR count). The topological polar surface area (TPSA) is 41.6 Å². The van der Waals surface area contributed by atoms with Crippen molar-refractivity contribution < 1.29 is 18.3 Å². The van der Waals surface area contributed by atoms with Gasteiger partial charge in [-0.25, -0.2) is 13.6 Å². The van der Waals surface area contributed by atoms with E-state index >= 15 is 0 Å². The Labute approximate surface area is 174 Å². The highest BCUT2D eigenvalue weighted by molar-refractivity contribution is 6.02. The van der Waals surface area contributed by atoms with Crippen LogP contribution in [0, 0.1) is 11.6 Å². The molecule has 0 aliphatic carbocycles. The molecular weight excluding hydrogens is 386 g/mol. The van der Waals surface area contributed by atoms with Gasteiger partial charge in [-0.3, -0.25) is 4.90 Å². The van der Waals surface area contributed by atoms with Gasteiger partial charge in [0.25, 0.3) is 0 Å². The van der Waals surface area contributed by atoms with Gasteiger partial charge in [0, 0.05) is 18.3 Å². The molecule has 1 N–H and O–H groups in total. The zero-order chi connectivity index (χ0) is 21.3. The van der Waals surface area contributed by atoms with Crippen LogP contribution in [-0.2, 0) is 0 Å². The van der Waals surface area contributed by atoms with E-state index < -0.39 is 17.7 Å². The summed E-state index contributed by atoms with van der Waals surface area (Å²) in [6.07, 6.45) is 3.74. The maximum absolute atomic E-state index is 14.0. The summed E-state index contributed by atoms with van der Waals surface area (Å²) in [5.74, 6) is -0.861. The summed E-state index contributed by atoms with van der Waals surface area (Å²) in [6, 6.07) is 19.2. The van der Waals surface area contributed by atoms with Crippen LogP contribution in [0.2, 0.25) is 0 Å². The fraction of sp³-hybridized carbons (Fsp3) is 0.125. The molecule has 4 nitrogen and oxygen atoms in total. The Morgan fingerprint density at radius 2 is 1.77 bits per heavy atom. The quantitative estimate of drug-likeness (QED) is 0.512. The molecule has 0 aliphatic heterocycles. The number of anilines is 2. The molecule has 0 bridgehead atoms. The molecule has 0 fully saturated rings. The number of carbonyl (C=O) groups is 1. The third-order valence-corrected chi connectivity index (χ3v) is 4.28. The molecule has 0 saturated carbocycles. The first-order chi connectivity index (χ1) is 14.6. The van der Waals surface area contributed by atoms with Crippen LogP contribution in [-0.4, -0.2) is 19.2 Å². The van der Waals surface area contributed by atoms with Gasteiger partial charge >= 0.3 is 6.03 Å². The van der Waals surface area contributed by atoms with Crippen LogP contribution in [0.25, 0.3) is 6.08 Å². The van der Waals surface area contributed by atoms with Gasteiger partial charge < -0.3 is 10.1 Å². The predicted molar refractivity (Wildman–Crippen MR) is 116 cm³/mol. The first-order valence-corrected chi connectivity index (χ1v) is 9.55. The van der Waals surface area contributed by atoms with Gasteiger partial charge in [-0.1, -0.05) is 42.5 Å². The summed E-state index contributed by atoms with van der Waals surface area (Å²) in [7, 11) is 0. The molecule has 0 radical (unpaired) electrons. The number of ether oxygens (including phenoxy) is 1. The van der Waals surface area contributed by atoms with E-state index in [9.17, 15) is 13.6 Å². The van der Waals surface area contributed by atoms with Crippen LogP contribution in [0.5, 0.6) is 5.75 Å². The SMILES string of the molecule is CCOc1ccc(N(C/C=C/c2ccccc2)C(=O)Nc2ccc(F)cc2F)cc1. The number of urea groups is 1. The average molecular weight is 408 g/mol. The van der Waals surface area contributed by atoms with Crippen LogP contribution in [0.3, 0.4) is 0 Å². The number of hydrogen-bond donors (Lipinski definition) is 1. The molecule has 0 heterocycles. The lowest BCUT2D eigenvalue weighted by Gasteiger charge is -2.22. The molecule has 154 valence electrons. The molecule has 0 aliphatic rings. The number of nitrogens with one attached hydrogen (secondary N) is 1. The number of benzene rings is 3. The normalized spacial score (nSPS) is 10.8. The molecule has 3 aromatic rings. The third kappa shape index (κ3) is 5.67. The number of halogens is 2. The van der Waals surface area contributed by atoms with Gasteiger partial charge in [0.05, 0.1) is 12.3 Å². The van der Waals surface area contributed by atoms with Gasteiger partial charge in [0.1, 0.15) is 17.4 Å². The summed E-state index contributed by atoms with van der Waals surface area (Å²) < 4.78 is 32.6. The molecule has 0 saturated heterocycles. The maximum atomic E-state index is 14.0. The summed E-state index contributed by atoms with van der Waals surface area (Å²) in [6.45, 7) is 2.67. The van der Waals surface area contributed by atoms with E-state index in [2.05, 4.69) is 5.32 Å². The van der Waals surface area contributed by atoms with Gasteiger partial charge in [0.2, 0.25) is 0 Å². The van der Waals surface area contributed by atoms with E-state index in [1.165, 1.54) is 11.0 Å². The minimum absolute atomic E-state index is 0.0932. The van der Waals surface area contributed by atoms with E-state index in [1.54, 1.807) is 24.3 Å². The highest BCUT2D eigenvalue weighted by atomic mass is 19.1. The minimum Gasteiger partial charge on any atom is -0.494 e. The molecule has 6 heteroatoms. The van der Waals surface area contributed by atoms with Crippen molar-refractivity contribution in [3.8, 4) is 5.75 Å². The molecule has 2 amide bonds. The minimum atomic E-state index is -0.838. The van der Waals surface area contributed by atoms with E-state index in [-0.39, 0.29) is 12.2 Å². The summed E-state index contributed by atoms with van der Waals surface area (Å²) in [5.41, 5.74) is 1.51. The lowest BCUT2D eigenvalue weighted by molar-refractivity contribution is 0.257. The van der Waals surface area contributed by atoms with Crippen molar-refractivity contribution in [1.82, 2.24) is 0 Å². The molecule has 0 aromatic heterocycles. The van der Waals surface area contributed by atoms with Crippen LogP contribution >= 0.6 is 0 Å². The second-order valence-corrected chi connectivity index (χ2v) is 6.40. The third-order valence-electron chi connectivity index (χ3n) is 4.28. The predicted octanol–water partition coefficient (Wildman–Crippen LogP) is 6.12. The molecule has 0 spiro atoms. The lowest BCUT2D eigenvalue weighted by Crippen LogP contribution is -2.35. The molecule has 30 heavy (non-hydrogen) atoms. The standard InChI is InChI=1S/C24H22F2N2O2/c1-2-30-21-13-11-20(12-14-21)28(16-6-9-18-7-4-3-5-8-18)24(29)27-23-15-10-19(25)17-22(23)26/h3-15,17H,2,16H2,1H3,(H,27,29)/b9-6+. The first-order valence-electron chi connectivity index (χ1n) is 9.55. The lowest BCUT2D eigenvalue weighted by atomic mass is 10.2. The van der Waals surface area contributed by atoms with Crippen molar-refractivity contribution in [2.45, 2.75) is 6.92 Å². The van der Waals surface area contributed by atoms with Crippen molar-refractivity contribution in [3.63, 3.8) is 0 Å². The van der Waals surface area contributed by atoms with Crippen LogP contribution in [0.15, 0.2) is 78.9 Å². The van der Waals surface area contributed by atoms with E-state index in [0.29, 0.717) is 18.0 Å². The average Bonchev–Trinajstić information content (AvgIpc) is 2.75. The summed E-state index contributed by atoms with van der Waals surface area (Å²) in [4.78, 5) is 14.3. The Morgan fingerprint density at radius 1 is 1.03 bits per heavy atom. The van der Waals surface area contributed by atoms with Gasteiger partial charge in [-0.15, -0.1) is 0 Å². The number of nitrogens with zero attached hydrogens (tertiary/aromatic N) is 1. The smallest absolute Gasteiger partial charge is 0.326 e. The van der Waals surface area contributed by atoms with Gasteiger partial charge in [-0.05, 0) is 48.9 Å². The fourth-order valence-corrected chi connectivity index (χ4v) is 2.83. The van der Waals surface area contributed by atoms with Crippen molar-refractivity contribution in [1.29, 1.82) is 0 Å². The van der Waals surface area contributed by atoms with Crippen LogP contribution < -0.4 is 15.0 Å². The van der Waals surface area contributed by atoms with Crippen molar-refractivity contribution in [2.75, 3.05) is 23.4 Å². The van der Waals surface area contributed by atoms with Gasteiger partial charge in [0.15, 0.2) is 0 Å². The first kappa shape index (κ1) is 21.0. The monoisotopic (exact) mass is 408 g/mol. The Morgan fingerprint density at radius 3 is 2.43 bits per heavy atom. The summed E-state index contributed by atoms with van der Waals surface area (Å²) in [5, 5.41) is 2.50. The van der Waals surface area contributed by atoms with E-state index in [4.69, 9.17) is 4.74 Å². The van der Waals surface area contributed by atoms with E-state index in [1.807, 2.05) is 49.4 Å². The fourth-order valence-electron chi connectivity index (χ4n) is 2.83. The second kappa shape index (κ2) is 10.2. The van der Waals surface area contributed by atoms with Crippen molar-refractivity contribution in [2.24, 2.45) is 0 Å². The maximum Gasteiger partial charge on any atom is 0.326 e. The Hall–Kier alpha value is -3.67. The number of carbonyl (C=O) groups excluding carboxylic acids is 1. The molecule has 0 unspecified atom stereocenters. The largest absolute Gasteiger partial charge is 0.494 e. The Bertz CT molecular complexity index is 1010. The van der Waals surface area contributed by atoms with Crippen LogP contribution in [0.1, 0.15) is 12.5 Å². The van der Waals surface area contributed by atoms with Gasteiger partial charge in [-0.2, -0.15) is 0 Å². The number of rotatable bonds is 7. The van der Waals surface area contributed by atoms with E-state index in [0.717, 1.165) is 17.7 Å². The molecular formula is C24H22F2N2O2. The summed E-state index contributed by atoms with van der Waals surface area (Å²) >= 11 is 0. The number of hydrogen-bond acceptors (Lipinski definition) is 2. The molecule has 0 atom stereocenters. The zero-order valence-electron chi connectivity index (χ0n) is 16.5. The Kier molecular flexibility index (Phi) is 7.16. The highest BCUT2D eigenvalue weighted by Gasteiger charge is 2.17. The highest BCUT2D eigenvalue weighted by Crippen LogP contribution is 2.22. The Balaban J connectivity index is 1.81. The zero-order valence-corrected chi connectivity index (χ0v) is 16.5. The van der Waals surface area contributed by atoms with Crippen LogP contribution in [0.4, 0.5) is 25.0 Å². The molecule has 3 aromatic carbocycles.